The van der Waals surface area contributed by atoms with Crippen molar-refractivity contribution < 1.29 is 19.5 Å². The summed E-state index contributed by atoms with van der Waals surface area (Å²) in [5, 5.41) is 4.61. The molecule has 0 aliphatic rings. The molecular weight excluding hydrogens is 550 g/mol. The Morgan fingerprint density at radius 2 is 1.13 bits per heavy atom. The van der Waals surface area contributed by atoms with Gasteiger partial charge in [0.25, 0.3) is 0 Å². The summed E-state index contributed by atoms with van der Waals surface area (Å²) in [5.74, 6) is -1.00. The molecule has 0 atom stereocenters. The van der Waals surface area contributed by atoms with E-state index in [1.807, 2.05) is 48.5 Å². The molecule has 0 spiro atoms. The molecule has 9 rings (SSSR count). The number of rotatable bonds is 4. The van der Waals surface area contributed by atoms with E-state index in [0.29, 0.717) is 27.5 Å². The Bertz CT molecular complexity index is 3120. The molecule has 2 heterocycles. The summed E-state index contributed by atoms with van der Waals surface area (Å²) in [6, 6.07) is 20.2. The number of hydrogen-bond acceptors (Lipinski definition) is 4. The molecule has 0 unspecified atom stereocenters. The van der Waals surface area contributed by atoms with Crippen LogP contribution < -0.4 is 0 Å². The van der Waals surface area contributed by atoms with Gasteiger partial charge in [0.15, 0.2) is 17.5 Å². The Morgan fingerprint density at radius 1 is 0.444 bits per heavy atom. The van der Waals surface area contributed by atoms with Crippen molar-refractivity contribution in [1.29, 1.82) is 0 Å². The lowest BCUT2D eigenvalue weighted by atomic mass is 9.97. The molecule has 7 aromatic carbocycles. The number of furan rings is 1. The predicted molar refractivity (Wildman–Crippen MR) is 184 cm³/mol. The summed E-state index contributed by atoms with van der Waals surface area (Å²) >= 11 is 0. The third kappa shape index (κ3) is 4.35. The van der Waals surface area contributed by atoms with Crippen LogP contribution in [0.5, 0.6) is 0 Å². The van der Waals surface area contributed by atoms with Crippen LogP contribution in [0.4, 0.5) is 0 Å². The van der Waals surface area contributed by atoms with Gasteiger partial charge in [-0.25, -0.2) is 15.0 Å². The van der Waals surface area contributed by atoms with Crippen molar-refractivity contribution in [1.82, 2.24) is 15.0 Å². The Hall–Kier alpha value is -6.13. The Kier molecular flexibility index (Phi) is 3.79. The van der Waals surface area contributed by atoms with Crippen molar-refractivity contribution >= 4 is 43.5 Å². The fourth-order valence-electron chi connectivity index (χ4n) is 5.63. The van der Waals surface area contributed by atoms with Gasteiger partial charge in [0.2, 0.25) is 0 Å². The van der Waals surface area contributed by atoms with Crippen LogP contribution in [-0.2, 0) is 0 Å². The highest BCUT2D eigenvalue weighted by Gasteiger charge is 2.17. The summed E-state index contributed by atoms with van der Waals surface area (Å²) in [4.78, 5) is 13.7. The van der Waals surface area contributed by atoms with Crippen LogP contribution >= 0.6 is 0 Å². The zero-order valence-corrected chi connectivity index (χ0v) is 23.3. The number of benzene rings is 7. The fourth-order valence-corrected chi connectivity index (χ4v) is 5.63. The molecule has 0 saturated carbocycles. The third-order valence-corrected chi connectivity index (χ3v) is 7.74. The normalized spacial score (nSPS) is 15.0. The van der Waals surface area contributed by atoms with Crippen molar-refractivity contribution in [2.45, 2.75) is 0 Å². The SMILES string of the molecule is [2H]c1ccc2oc3ccc([2H])c(-c4nc(-c5c([2H])c([2H])c([2H])c([2H])c5[2H])nc(-c5c([2H])c([2H])c(-c6ccc7ccc8ccccc8c7c6)c([2H])c5[2H])n4)c3c2c1. The fraction of sp³-hybridized carbons (Fsp3) is 0. The van der Waals surface area contributed by atoms with E-state index in [1.54, 1.807) is 30.3 Å². The molecular formula is C41H25N3O. The first-order valence-corrected chi connectivity index (χ1v) is 14.1. The first kappa shape index (κ1) is 16.6. The van der Waals surface area contributed by atoms with Gasteiger partial charge in [-0.2, -0.15) is 0 Å². The van der Waals surface area contributed by atoms with Crippen LogP contribution in [0.1, 0.15) is 15.1 Å². The molecule has 0 N–H and O–H groups in total. The number of hydrogen-bond donors (Lipinski definition) is 0. The van der Waals surface area contributed by atoms with Crippen LogP contribution in [0, 0.1) is 0 Å². The van der Waals surface area contributed by atoms with Gasteiger partial charge in [0.05, 0.1) is 15.1 Å². The molecule has 4 heteroatoms. The average molecular weight is 587 g/mol. The molecule has 0 saturated heterocycles. The van der Waals surface area contributed by atoms with E-state index in [1.165, 1.54) is 6.07 Å². The molecule has 4 nitrogen and oxygen atoms in total. The van der Waals surface area contributed by atoms with Gasteiger partial charge in [-0.05, 0) is 50.9 Å². The van der Waals surface area contributed by atoms with Gasteiger partial charge in [0, 0.05) is 27.5 Å². The second kappa shape index (κ2) is 10.2. The van der Waals surface area contributed by atoms with Crippen molar-refractivity contribution in [3.05, 3.63) is 151 Å². The zero-order chi connectivity index (χ0) is 39.3. The minimum Gasteiger partial charge on any atom is -0.456 e. The highest BCUT2D eigenvalue weighted by atomic mass is 16.3. The van der Waals surface area contributed by atoms with Crippen molar-refractivity contribution in [2.75, 3.05) is 0 Å². The second-order valence-electron chi connectivity index (χ2n) is 10.4. The van der Waals surface area contributed by atoms with Crippen LogP contribution in [0.25, 0.3) is 88.8 Å². The van der Waals surface area contributed by atoms with Crippen molar-refractivity contribution in [2.24, 2.45) is 0 Å². The maximum atomic E-state index is 9.24. The Labute approximate surface area is 274 Å². The molecule has 0 radical (unpaired) electrons. The van der Waals surface area contributed by atoms with E-state index in [4.69, 9.17) is 14.0 Å². The second-order valence-corrected chi connectivity index (χ2v) is 10.4. The molecule has 0 bridgehead atoms. The number of aromatic nitrogens is 3. The van der Waals surface area contributed by atoms with Gasteiger partial charge in [-0.1, -0.05) is 133 Å². The standard InChI is InChI=1S/C41H25N3O/c1-2-10-29(11-3-1)39-42-40(44-41(43-39)34-14-8-16-37-38(34)33-13-6-7-15-36(33)45-37)30-22-17-26(18-23-30)31-24-21-28-20-19-27-9-4-5-12-32(27)35(28)25-31/h1-25H/i1D,2D,3D,6D,10D,11D,14D,17D,18D,22D,23D. The highest BCUT2D eigenvalue weighted by Crippen LogP contribution is 2.37. The van der Waals surface area contributed by atoms with E-state index in [-0.39, 0.29) is 58.1 Å². The van der Waals surface area contributed by atoms with Crippen LogP contribution in [-0.4, -0.2) is 15.0 Å². The lowest BCUT2D eigenvalue weighted by molar-refractivity contribution is 0.669. The molecule has 0 fully saturated rings. The predicted octanol–water partition coefficient (Wildman–Crippen LogP) is 10.7. The van der Waals surface area contributed by atoms with Gasteiger partial charge < -0.3 is 4.42 Å². The number of nitrogens with zero attached hydrogens (tertiary/aromatic N) is 3. The molecule has 45 heavy (non-hydrogen) atoms. The summed E-state index contributed by atoms with van der Waals surface area (Å²) < 4.78 is 102. The van der Waals surface area contributed by atoms with Gasteiger partial charge in [-0.3, -0.25) is 0 Å². The Balaban J connectivity index is 1.34. The highest BCUT2D eigenvalue weighted by molar-refractivity contribution is 6.12. The zero-order valence-electron chi connectivity index (χ0n) is 34.3. The number of fused-ring (bicyclic) bond motifs is 6. The third-order valence-electron chi connectivity index (χ3n) is 7.74. The van der Waals surface area contributed by atoms with Crippen LogP contribution in [0.15, 0.2) is 156 Å². The maximum Gasteiger partial charge on any atom is 0.164 e. The monoisotopic (exact) mass is 586 g/mol. The summed E-state index contributed by atoms with van der Waals surface area (Å²) in [6.07, 6.45) is 0. The molecule has 0 aliphatic heterocycles. The molecule has 0 amide bonds. The molecule has 210 valence electrons. The summed E-state index contributed by atoms with van der Waals surface area (Å²) in [6.45, 7) is 0. The van der Waals surface area contributed by atoms with E-state index in [2.05, 4.69) is 15.0 Å². The van der Waals surface area contributed by atoms with Crippen molar-refractivity contribution in [3.63, 3.8) is 0 Å². The van der Waals surface area contributed by atoms with Gasteiger partial charge in [-0.15, -0.1) is 0 Å². The average Bonchev–Trinajstić information content (AvgIpc) is 3.56. The first-order valence-electron chi connectivity index (χ1n) is 19.6. The van der Waals surface area contributed by atoms with E-state index in [9.17, 15) is 5.48 Å². The largest absolute Gasteiger partial charge is 0.456 e. The van der Waals surface area contributed by atoms with Crippen LogP contribution in [0.2, 0.25) is 0 Å². The smallest absolute Gasteiger partial charge is 0.164 e. The lowest BCUT2D eigenvalue weighted by Crippen LogP contribution is -2.00. The quantitative estimate of drug-likeness (QED) is 0.193. The van der Waals surface area contributed by atoms with E-state index < -0.39 is 48.1 Å². The first-order chi connectivity index (χ1) is 26.8. The van der Waals surface area contributed by atoms with Gasteiger partial charge in [0.1, 0.15) is 11.2 Å². The van der Waals surface area contributed by atoms with Crippen LogP contribution in [0.3, 0.4) is 0 Å². The van der Waals surface area contributed by atoms with E-state index >= 15 is 0 Å². The lowest BCUT2D eigenvalue weighted by Gasteiger charge is -2.10. The molecule has 0 aliphatic carbocycles. The van der Waals surface area contributed by atoms with E-state index in [0.717, 1.165) is 21.5 Å². The molecule has 2 aromatic heterocycles. The maximum absolute atomic E-state index is 9.24. The molecule has 9 aromatic rings. The minimum absolute atomic E-state index is 0.0491. The number of para-hydroxylation sites is 1. The topological polar surface area (TPSA) is 51.8 Å². The summed E-state index contributed by atoms with van der Waals surface area (Å²) in [7, 11) is 0. The Morgan fingerprint density at radius 3 is 1.98 bits per heavy atom. The summed E-state index contributed by atoms with van der Waals surface area (Å²) in [5.41, 5.74) is 0.642. The van der Waals surface area contributed by atoms with Gasteiger partial charge >= 0.3 is 0 Å². The minimum atomic E-state index is -0.645. The van der Waals surface area contributed by atoms with Crippen molar-refractivity contribution in [3.8, 4) is 45.3 Å².